The minimum atomic E-state index is -0.396. The van der Waals surface area contributed by atoms with Crippen LogP contribution in [-0.4, -0.2) is 22.5 Å². The highest BCUT2D eigenvalue weighted by Gasteiger charge is 2.11. The number of aromatic nitrogens is 1. The van der Waals surface area contributed by atoms with E-state index in [1.807, 2.05) is 0 Å². The number of hydrogen-bond acceptors (Lipinski definition) is 4. The average molecular weight is 342 g/mol. The van der Waals surface area contributed by atoms with Crippen LogP contribution in [0.2, 0.25) is 0 Å². The van der Waals surface area contributed by atoms with Gasteiger partial charge in [0, 0.05) is 29.2 Å². The molecule has 6 nitrogen and oxygen atoms in total. The number of carbonyl (C=O) groups is 2. The van der Waals surface area contributed by atoms with Crippen molar-refractivity contribution in [3.8, 4) is 0 Å². The lowest BCUT2D eigenvalue weighted by Crippen LogP contribution is -2.23. The second-order valence-electron chi connectivity index (χ2n) is 6.14. The number of amides is 1. The molecule has 0 aliphatic heterocycles. The van der Waals surface area contributed by atoms with Crippen LogP contribution in [0.3, 0.4) is 0 Å². The van der Waals surface area contributed by atoms with Crippen molar-refractivity contribution in [2.75, 3.05) is 5.32 Å². The van der Waals surface area contributed by atoms with Crippen molar-refractivity contribution in [3.05, 3.63) is 63.6 Å². The molecular weight excluding hydrogens is 320 g/mol. The molecule has 2 rings (SSSR count). The maximum atomic E-state index is 12.2. The van der Waals surface area contributed by atoms with Gasteiger partial charge < -0.3 is 14.6 Å². The van der Waals surface area contributed by atoms with Gasteiger partial charge in [-0.1, -0.05) is 0 Å². The summed E-state index contributed by atoms with van der Waals surface area (Å²) in [4.78, 5) is 35.5. The van der Waals surface area contributed by atoms with Gasteiger partial charge in [0.1, 0.15) is 6.54 Å². The predicted molar refractivity (Wildman–Crippen MR) is 95.8 cm³/mol. The smallest absolute Gasteiger partial charge is 0.338 e. The third-order valence-corrected chi connectivity index (χ3v) is 3.60. The molecule has 1 heterocycles. The SMILES string of the molecule is Cc1cc(=O)cc(C)n1CC(=O)Nc1ccc(C(=O)OC(C)C)cc1. The van der Waals surface area contributed by atoms with Crippen LogP contribution in [0, 0.1) is 13.8 Å². The first kappa shape index (κ1) is 18.4. The fourth-order valence-corrected chi connectivity index (χ4v) is 2.45. The number of ether oxygens (including phenoxy) is 1. The first-order valence-electron chi connectivity index (χ1n) is 8.05. The Morgan fingerprint density at radius 3 is 2.16 bits per heavy atom. The van der Waals surface area contributed by atoms with Crippen molar-refractivity contribution in [2.24, 2.45) is 0 Å². The van der Waals surface area contributed by atoms with E-state index in [-0.39, 0.29) is 24.0 Å². The summed E-state index contributed by atoms with van der Waals surface area (Å²) in [5, 5.41) is 2.78. The molecule has 6 heteroatoms. The summed E-state index contributed by atoms with van der Waals surface area (Å²) in [5.74, 6) is -0.611. The second-order valence-corrected chi connectivity index (χ2v) is 6.14. The van der Waals surface area contributed by atoms with E-state index in [4.69, 9.17) is 4.74 Å². The number of rotatable bonds is 5. The highest BCUT2D eigenvalue weighted by Crippen LogP contribution is 2.12. The Morgan fingerprint density at radius 1 is 1.08 bits per heavy atom. The maximum absolute atomic E-state index is 12.2. The van der Waals surface area contributed by atoms with Crippen LogP contribution in [0.1, 0.15) is 35.6 Å². The standard InChI is InChI=1S/C19H22N2O4/c1-12(2)25-19(24)15-5-7-16(8-6-15)20-18(23)11-21-13(3)9-17(22)10-14(21)4/h5-10,12H,11H2,1-4H3,(H,20,23). The molecule has 0 unspecified atom stereocenters. The molecule has 1 amide bonds. The number of nitrogens with one attached hydrogen (secondary N) is 1. The average Bonchev–Trinajstić information content (AvgIpc) is 2.51. The summed E-state index contributed by atoms with van der Waals surface area (Å²) in [7, 11) is 0. The normalized spacial score (nSPS) is 10.6. The molecule has 25 heavy (non-hydrogen) atoms. The summed E-state index contributed by atoms with van der Waals surface area (Å²) in [6, 6.07) is 9.51. The van der Waals surface area contributed by atoms with Gasteiger partial charge in [-0.2, -0.15) is 0 Å². The van der Waals surface area contributed by atoms with E-state index in [9.17, 15) is 14.4 Å². The molecule has 1 N–H and O–H groups in total. The van der Waals surface area contributed by atoms with E-state index >= 15 is 0 Å². The lowest BCUT2D eigenvalue weighted by atomic mass is 10.2. The highest BCUT2D eigenvalue weighted by molar-refractivity contribution is 5.93. The molecule has 0 saturated heterocycles. The summed E-state index contributed by atoms with van der Waals surface area (Å²) in [6.45, 7) is 7.25. The van der Waals surface area contributed by atoms with Gasteiger partial charge in [-0.15, -0.1) is 0 Å². The Labute approximate surface area is 146 Å². The number of carbonyl (C=O) groups excluding carboxylic acids is 2. The van der Waals surface area contributed by atoms with Crippen molar-refractivity contribution in [1.29, 1.82) is 0 Å². The monoisotopic (exact) mass is 342 g/mol. The van der Waals surface area contributed by atoms with Crippen molar-refractivity contribution in [3.63, 3.8) is 0 Å². The van der Waals surface area contributed by atoms with E-state index in [0.717, 1.165) is 11.4 Å². The van der Waals surface area contributed by atoms with Crippen molar-refractivity contribution in [2.45, 2.75) is 40.3 Å². The first-order valence-corrected chi connectivity index (χ1v) is 8.05. The number of hydrogen-bond donors (Lipinski definition) is 1. The summed E-state index contributed by atoms with van der Waals surface area (Å²) >= 11 is 0. The Hall–Kier alpha value is -2.89. The van der Waals surface area contributed by atoms with Gasteiger partial charge in [-0.3, -0.25) is 9.59 Å². The third kappa shape index (κ3) is 5.04. The maximum Gasteiger partial charge on any atom is 0.338 e. The van der Waals surface area contributed by atoms with Crippen molar-refractivity contribution < 1.29 is 14.3 Å². The molecule has 0 spiro atoms. The molecule has 1 aromatic carbocycles. The summed E-state index contributed by atoms with van der Waals surface area (Å²) in [5.41, 5.74) is 2.40. The van der Waals surface area contributed by atoms with E-state index in [2.05, 4.69) is 5.32 Å². The fraction of sp³-hybridized carbons (Fsp3) is 0.316. The number of nitrogens with zero attached hydrogens (tertiary/aromatic N) is 1. The van der Waals surface area contributed by atoms with Crippen LogP contribution in [-0.2, 0) is 16.1 Å². The molecular formula is C19H22N2O4. The largest absolute Gasteiger partial charge is 0.459 e. The van der Waals surface area contributed by atoms with Gasteiger partial charge >= 0.3 is 5.97 Å². The topological polar surface area (TPSA) is 77.4 Å². The number of pyridine rings is 1. The molecule has 0 bridgehead atoms. The molecule has 0 saturated carbocycles. The van der Waals surface area contributed by atoms with Crippen LogP contribution in [0.25, 0.3) is 0 Å². The molecule has 0 atom stereocenters. The van der Waals surface area contributed by atoms with Crippen molar-refractivity contribution >= 4 is 17.6 Å². The van der Waals surface area contributed by atoms with Crippen LogP contribution in [0.15, 0.2) is 41.2 Å². The fourth-order valence-electron chi connectivity index (χ4n) is 2.45. The lowest BCUT2D eigenvalue weighted by Gasteiger charge is -2.14. The molecule has 0 aliphatic carbocycles. The molecule has 0 radical (unpaired) electrons. The second kappa shape index (κ2) is 7.79. The highest BCUT2D eigenvalue weighted by atomic mass is 16.5. The van der Waals surface area contributed by atoms with Gasteiger partial charge in [0.15, 0.2) is 5.43 Å². The van der Waals surface area contributed by atoms with Crippen molar-refractivity contribution in [1.82, 2.24) is 4.57 Å². The lowest BCUT2D eigenvalue weighted by molar-refractivity contribution is -0.116. The molecule has 1 aromatic heterocycles. The van der Waals surface area contributed by atoms with E-state index < -0.39 is 5.97 Å². The van der Waals surface area contributed by atoms with Crippen LogP contribution < -0.4 is 10.7 Å². The Kier molecular flexibility index (Phi) is 5.75. The van der Waals surface area contributed by atoms with E-state index in [1.165, 1.54) is 12.1 Å². The summed E-state index contributed by atoms with van der Waals surface area (Å²) < 4.78 is 6.89. The number of aryl methyl sites for hydroxylation is 2. The van der Waals surface area contributed by atoms with Gasteiger partial charge in [0.05, 0.1) is 11.7 Å². The van der Waals surface area contributed by atoms with Gasteiger partial charge in [-0.25, -0.2) is 4.79 Å². The van der Waals surface area contributed by atoms with Gasteiger partial charge in [0.2, 0.25) is 5.91 Å². The molecule has 0 aliphatic rings. The van der Waals surface area contributed by atoms with Crippen LogP contribution in [0.4, 0.5) is 5.69 Å². The minimum Gasteiger partial charge on any atom is -0.459 e. The molecule has 132 valence electrons. The van der Waals surface area contributed by atoms with Crippen LogP contribution >= 0.6 is 0 Å². The predicted octanol–water partition coefficient (Wildman–Crippen LogP) is 2.67. The number of benzene rings is 1. The van der Waals surface area contributed by atoms with Gasteiger partial charge in [-0.05, 0) is 52.0 Å². The van der Waals surface area contributed by atoms with Crippen LogP contribution in [0.5, 0.6) is 0 Å². The first-order chi connectivity index (χ1) is 11.8. The molecule has 2 aromatic rings. The third-order valence-electron chi connectivity index (χ3n) is 3.60. The zero-order chi connectivity index (χ0) is 18.6. The van der Waals surface area contributed by atoms with E-state index in [1.54, 1.807) is 56.5 Å². The quantitative estimate of drug-likeness (QED) is 0.848. The zero-order valence-electron chi connectivity index (χ0n) is 14.8. The zero-order valence-corrected chi connectivity index (χ0v) is 14.8. The Morgan fingerprint density at radius 2 is 1.64 bits per heavy atom. The molecule has 0 fully saturated rings. The number of esters is 1. The Bertz CT molecular complexity index is 809. The minimum absolute atomic E-state index is 0.0736. The Balaban J connectivity index is 2.04. The summed E-state index contributed by atoms with van der Waals surface area (Å²) in [6.07, 6.45) is -0.184. The van der Waals surface area contributed by atoms with Gasteiger partial charge in [0.25, 0.3) is 0 Å². The number of anilines is 1. The van der Waals surface area contributed by atoms with E-state index in [0.29, 0.717) is 11.3 Å².